The van der Waals surface area contributed by atoms with E-state index in [-0.39, 0.29) is 0 Å². The van der Waals surface area contributed by atoms with Gasteiger partial charge in [-0.25, -0.2) is 4.57 Å². The lowest BCUT2D eigenvalue weighted by molar-refractivity contribution is -0.0134. The molecule has 1 saturated carbocycles. The monoisotopic (exact) mass is 394 g/mol. The van der Waals surface area contributed by atoms with E-state index in [9.17, 15) is 5.11 Å². The summed E-state index contributed by atoms with van der Waals surface area (Å²) in [5.41, 5.74) is 4.16. The van der Waals surface area contributed by atoms with Gasteiger partial charge in [-0.3, -0.25) is 4.90 Å². The van der Waals surface area contributed by atoms with Crippen molar-refractivity contribution in [1.82, 2.24) is 9.88 Å². The average Bonchev–Trinajstić information content (AvgIpc) is 2.90. The average molecular weight is 394 g/mol. The Morgan fingerprint density at radius 3 is 2.70 bits per heavy atom. The molecule has 0 amide bonds. The van der Waals surface area contributed by atoms with Crippen molar-refractivity contribution in [1.29, 1.82) is 0 Å². The minimum atomic E-state index is -4.64. The Labute approximate surface area is 158 Å². The van der Waals surface area contributed by atoms with Crippen LogP contribution in [0.4, 0.5) is 0 Å². The molecule has 5 atom stereocenters. The van der Waals surface area contributed by atoms with Crippen molar-refractivity contribution in [2.75, 3.05) is 13.1 Å². The highest BCUT2D eigenvalue weighted by Crippen LogP contribution is 2.51. The van der Waals surface area contributed by atoms with E-state index in [4.69, 9.17) is 19.2 Å². The fraction of sp³-hybridized carbons (Fsp3) is 0.579. The molecule has 5 N–H and O–H groups in total. The number of phenolic OH excluding ortho intramolecular Hbond substituents is 1. The normalized spacial score (nSPS) is 31.8. The summed E-state index contributed by atoms with van der Waals surface area (Å²) in [4.78, 5) is 28.1. The zero-order valence-electron chi connectivity index (χ0n) is 15.4. The molecular formula is C19H27N2O5P. The van der Waals surface area contributed by atoms with Gasteiger partial charge in [0.05, 0.1) is 0 Å². The minimum Gasteiger partial charge on any atom is -0.508 e. The number of benzene rings is 1. The van der Waals surface area contributed by atoms with Crippen LogP contribution in [0.15, 0.2) is 18.2 Å². The summed E-state index contributed by atoms with van der Waals surface area (Å²) in [5, 5.41) is 11.1. The molecule has 3 fully saturated rings. The SMILES string of the molecule is CCC1CC2CC3c4[nH]c5ccc(O)cc5c4CCN(C2)C13.O=P(O)(O)O. The van der Waals surface area contributed by atoms with Crippen LogP contribution in [0, 0.1) is 11.8 Å². The van der Waals surface area contributed by atoms with E-state index in [0.29, 0.717) is 11.7 Å². The fourth-order valence-electron chi connectivity index (χ4n) is 5.68. The molecule has 2 saturated heterocycles. The van der Waals surface area contributed by atoms with Crippen LogP contribution in [0.1, 0.15) is 43.4 Å². The van der Waals surface area contributed by atoms with Gasteiger partial charge in [-0.15, -0.1) is 0 Å². The molecule has 1 aromatic carbocycles. The van der Waals surface area contributed by atoms with Crippen LogP contribution in [0.25, 0.3) is 10.9 Å². The van der Waals surface area contributed by atoms with Crippen molar-refractivity contribution < 1.29 is 24.4 Å². The van der Waals surface area contributed by atoms with Crippen molar-refractivity contribution in [3.05, 3.63) is 29.5 Å². The molecule has 27 heavy (non-hydrogen) atoms. The number of nitrogens with zero attached hydrogens (tertiary/aromatic N) is 1. The lowest BCUT2D eigenvalue weighted by atomic mass is 9.65. The van der Waals surface area contributed by atoms with Gasteiger partial charge < -0.3 is 24.8 Å². The predicted octanol–water partition coefficient (Wildman–Crippen LogP) is 2.71. The van der Waals surface area contributed by atoms with E-state index in [2.05, 4.69) is 16.8 Å². The minimum absolute atomic E-state index is 0.384. The Hall–Kier alpha value is -1.37. The number of aromatic amines is 1. The zero-order chi connectivity index (χ0) is 19.3. The van der Waals surface area contributed by atoms with Gasteiger partial charge in [-0.2, -0.15) is 0 Å². The summed E-state index contributed by atoms with van der Waals surface area (Å²) in [5.74, 6) is 2.80. The number of nitrogens with one attached hydrogen (secondary N) is 1. The Balaban J connectivity index is 0.000000323. The van der Waals surface area contributed by atoms with Crippen molar-refractivity contribution >= 4 is 18.7 Å². The van der Waals surface area contributed by atoms with Gasteiger partial charge in [-0.1, -0.05) is 13.3 Å². The second-order valence-corrected chi connectivity index (χ2v) is 9.13. The topological polar surface area (TPSA) is 117 Å². The second-order valence-electron chi connectivity index (χ2n) is 8.11. The molecule has 3 aliphatic heterocycles. The Morgan fingerprint density at radius 2 is 2.00 bits per heavy atom. The molecule has 4 bridgehead atoms. The second kappa shape index (κ2) is 6.90. The highest BCUT2D eigenvalue weighted by Gasteiger charge is 2.48. The first-order chi connectivity index (χ1) is 12.7. The largest absolute Gasteiger partial charge is 0.508 e. The quantitative estimate of drug-likeness (QED) is 0.475. The van der Waals surface area contributed by atoms with Gasteiger partial charge in [0, 0.05) is 41.6 Å². The van der Waals surface area contributed by atoms with Crippen LogP contribution in [-0.2, 0) is 11.0 Å². The van der Waals surface area contributed by atoms with E-state index in [1.807, 2.05) is 12.1 Å². The molecule has 0 spiro atoms. The summed E-state index contributed by atoms with van der Waals surface area (Å²) in [6.45, 7) is 4.86. The van der Waals surface area contributed by atoms with Gasteiger partial charge in [0.15, 0.2) is 0 Å². The number of phenols is 1. The summed E-state index contributed by atoms with van der Waals surface area (Å²) in [6, 6.07) is 6.52. The first kappa shape index (κ1) is 19.0. The smallest absolute Gasteiger partial charge is 0.466 e. The van der Waals surface area contributed by atoms with Crippen LogP contribution in [0.5, 0.6) is 5.75 Å². The molecule has 4 heterocycles. The van der Waals surface area contributed by atoms with E-state index in [1.54, 1.807) is 6.07 Å². The third kappa shape index (κ3) is 3.67. The molecule has 7 nitrogen and oxygen atoms in total. The summed E-state index contributed by atoms with van der Waals surface area (Å²) < 4.78 is 8.88. The molecule has 4 aliphatic rings. The number of aromatic hydroxyl groups is 1. The molecule has 2 aromatic rings. The van der Waals surface area contributed by atoms with Gasteiger partial charge in [0.1, 0.15) is 5.75 Å². The van der Waals surface area contributed by atoms with Crippen molar-refractivity contribution in [3.8, 4) is 5.75 Å². The number of aromatic nitrogens is 1. The molecule has 6 rings (SSSR count). The molecule has 5 unspecified atom stereocenters. The lowest BCUT2D eigenvalue weighted by Gasteiger charge is -2.53. The van der Waals surface area contributed by atoms with Crippen LogP contribution >= 0.6 is 7.82 Å². The number of hydrogen-bond acceptors (Lipinski definition) is 3. The zero-order valence-corrected chi connectivity index (χ0v) is 16.3. The maximum atomic E-state index is 9.87. The number of H-pyrrole nitrogens is 1. The number of fused-ring (bicyclic) bond motifs is 4. The summed E-state index contributed by atoms with van der Waals surface area (Å²) in [6.07, 6.45) is 5.22. The first-order valence-corrected chi connectivity index (χ1v) is 11.2. The third-order valence-corrected chi connectivity index (χ3v) is 6.50. The Morgan fingerprint density at radius 1 is 1.26 bits per heavy atom. The molecule has 0 radical (unpaired) electrons. The van der Waals surface area contributed by atoms with Gasteiger partial charge in [0.2, 0.25) is 0 Å². The number of phosphoric acid groups is 1. The maximum Gasteiger partial charge on any atom is 0.466 e. The van der Waals surface area contributed by atoms with Gasteiger partial charge in [0.25, 0.3) is 0 Å². The highest BCUT2D eigenvalue weighted by molar-refractivity contribution is 7.45. The van der Waals surface area contributed by atoms with Crippen LogP contribution in [0.2, 0.25) is 0 Å². The first-order valence-electron chi connectivity index (χ1n) is 9.60. The van der Waals surface area contributed by atoms with E-state index >= 15 is 0 Å². The standard InChI is InChI=1S/C19H24N2O.H3O4P/c1-2-12-7-11-8-16-18-14(5-6-21(10-11)19(12)16)15-9-13(22)3-4-17(15)20-18;1-5(2,3)4/h3-4,9,11-12,16,19-20,22H,2,5-8,10H2,1H3;(H3,1,2,3,4). The number of hydrogen-bond donors (Lipinski definition) is 5. The maximum absolute atomic E-state index is 9.87. The van der Waals surface area contributed by atoms with E-state index < -0.39 is 7.82 Å². The number of rotatable bonds is 1. The van der Waals surface area contributed by atoms with Crippen LogP contribution in [-0.4, -0.2) is 48.8 Å². The van der Waals surface area contributed by atoms with E-state index in [1.165, 1.54) is 54.5 Å². The highest BCUT2D eigenvalue weighted by atomic mass is 31.2. The van der Waals surface area contributed by atoms with Crippen molar-refractivity contribution in [2.24, 2.45) is 11.8 Å². The van der Waals surface area contributed by atoms with Crippen molar-refractivity contribution in [3.63, 3.8) is 0 Å². The van der Waals surface area contributed by atoms with Gasteiger partial charge >= 0.3 is 7.82 Å². The molecule has 8 heteroatoms. The summed E-state index contributed by atoms with van der Waals surface area (Å²) in [7, 11) is -4.64. The summed E-state index contributed by atoms with van der Waals surface area (Å²) >= 11 is 0. The predicted molar refractivity (Wildman–Crippen MR) is 103 cm³/mol. The molecular weight excluding hydrogens is 367 g/mol. The molecule has 148 valence electrons. The van der Waals surface area contributed by atoms with Crippen LogP contribution in [0.3, 0.4) is 0 Å². The molecule has 1 aliphatic carbocycles. The van der Waals surface area contributed by atoms with Crippen LogP contribution < -0.4 is 0 Å². The van der Waals surface area contributed by atoms with Gasteiger partial charge in [-0.05, 0) is 54.9 Å². The lowest BCUT2D eigenvalue weighted by Crippen LogP contribution is -2.56. The third-order valence-electron chi connectivity index (χ3n) is 6.50. The Bertz CT molecular complexity index is 883. The van der Waals surface area contributed by atoms with Crippen molar-refractivity contribution in [2.45, 2.75) is 44.6 Å². The Kier molecular flexibility index (Phi) is 4.85. The number of piperidine rings is 2. The van der Waals surface area contributed by atoms with E-state index in [0.717, 1.165) is 24.3 Å². The fourth-order valence-corrected chi connectivity index (χ4v) is 5.68. The molecule has 1 aromatic heterocycles.